The average Bonchev–Trinajstić information content (AvgIpc) is 2.30. The molecule has 0 aromatic heterocycles. The number of rotatable bonds is 6. The molecule has 0 bridgehead atoms. The standard InChI is InChI=1S/C10H11ClFNO3S/c1-16-9-6-10(17-4-2-3-11)8(13(14)15)5-7(9)12/h5-6H,2-4H2,1H3. The van der Waals surface area contributed by atoms with Crippen LogP contribution in [0.2, 0.25) is 0 Å². The third-order valence-electron chi connectivity index (χ3n) is 1.97. The second-order valence-electron chi connectivity index (χ2n) is 3.10. The average molecular weight is 280 g/mol. The largest absolute Gasteiger partial charge is 0.494 e. The molecular formula is C10H11ClFNO3S. The van der Waals surface area contributed by atoms with Crippen molar-refractivity contribution >= 4 is 29.1 Å². The Bertz CT molecular complexity index is 417. The number of methoxy groups -OCH3 is 1. The van der Waals surface area contributed by atoms with Crippen molar-refractivity contribution in [2.45, 2.75) is 11.3 Å². The molecule has 0 aliphatic heterocycles. The fourth-order valence-electron chi connectivity index (χ4n) is 1.18. The molecule has 0 heterocycles. The molecule has 0 N–H and O–H groups in total. The van der Waals surface area contributed by atoms with Gasteiger partial charge in [-0.2, -0.15) is 0 Å². The number of thioether (sulfide) groups is 1. The van der Waals surface area contributed by atoms with Crippen molar-refractivity contribution in [2.24, 2.45) is 0 Å². The van der Waals surface area contributed by atoms with Crippen molar-refractivity contribution in [1.29, 1.82) is 0 Å². The van der Waals surface area contributed by atoms with E-state index in [1.54, 1.807) is 0 Å². The zero-order valence-electron chi connectivity index (χ0n) is 9.11. The van der Waals surface area contributed by atoms with Crippen LogP contribution in [0.1, 0.15) is 6.42 Å². The Hall–Kier alpha value is -1.01. The first-order valence-corrected chi connectivity index (χ1v) is 6.32. The van der Waals surface area contributed by atoms with Gasteiger partial charge in [0.2, 0.25) is 0 Å². The third-order valence-corrected chi connectivity index (χ3v) is 3.36. The first-order chi connectivity index (χ1) is 8.10. The number of nitro benzene ring substituents is 1. The summed E-state index contributed by atoms with van der Waals surface area (Å²) in [5, 5.41) is 10.8. The molecule has 0 fully saturated rings. The van der Waals surface area contributed by atoms with Crippen LogP contribution < -0.4 is 4.74 Å². The molecule has 0 saturated carbocycles. The van der Waals surface area contributed by atoms with Crippen LogP contribution in [0.5, 0.6) is 5.75 Å². The lowest BCUT2D eigenvalue weighted by molar-refractivity contribution is -0.387. The normalized spacial score (nSPS) is 10.3. The van der Waals surface area contributed by atoms with Gasteiger partial charge in [-0.1, -0.05) is 0 Å². The second-order valence-corrected chi connectivity index (χ2v) is 4.62. The van der Waals surface area contributed by atoms with Gasteiger partial charge in [0.25, 0.3) is 5.69 Å². The summed E-state index contributed by atoms with van der Waals surface area (Å²) in [6.45, 7) is 0. The van der Waals surface area contributed by atoms with Crippen molar-refractivity contribution in [2.75, 3.05) is 18.7 Å². The fraction of sp³-hybridized carbons (Fsp3) is 0.400. The Balaban J connectivity index is 3.01. The maximum Gasteiger partial charge on any atom is 0.286 e. The smallest absolute Gasteiger partial charge is 0.286 e. The summed E-state index contributed by atoms with van der Waals surface area (Å²) >= 11 is 6.79. The fourth-order valence-corrected chi connectivity index (χ4v) is 2.45. The third kappa shape index (κ3) is 3.74. The molecule has 4 nitrogen and oxygen atoms in total. The molecule has 7 heteroatoms. The number of ether oxygens (including phenoxy) is 1. The van der Waals surface area contributed by atoms with Crippen LogP contribution in [0.4, 0.5) is 10.1 Å². The summed E-state index contributed by atoms with van der Waals surface area (Å²) in [5.74, 6) is 0.392. The van der Waals surface area contributed by atoms with E-state index in [0.29, 0.717) is 16.5 Å². The number of nitrogens with zero attached hydrogens (tertiary/aromatic N) is 1. The summed E-state index contributed by atoms with van der Waals surface area (Å²) in [5.41, 5.74) is -0.247. The lowest BCUT2D eigenvalue weighted by Gasteiger charge is -2.06. The van der Waals surface area contributed by atoms with Gasteiger partial charge >= 0.3 is 0 Å². The molecular weight excluding hydrogens is 269 g/mol. The Morgan fingerprint density at radius 1 is 1.59 bits per heavy atom. The summed E-state index contributed by atoms with van der Waals surface area (Å²) in [4.78, 5) is 10.5. The Morgan fingerprint density at radius 3 is 2.82 bits per heavy atom. The van der Waals surface area contributed by atoms with Crippen LogP contribution in [0.3, 0.4) is 0 Å². The highest BCUT2D eigenvalue weighted by Crippen LogP contribution is 2.34. The van der Waals surface area contributed by atoms with Crippen molar-refractivity contribution in [3.05, 3.63) is 28.1 Å². The minimum Gasteiger partial charge on any atom is -0.494 e. The molecule has 0 radical (unpaired) electrons. The van der Waals surface area contributed by atoms with Crippen LogP contribution in [0.15, 0.2) is 17.0 Å². The van der Waals surface area contributed by atoms with E-state index >= 15 is 0 Å². The Labute approximate surface area is 107 Å². The Morgan fingerprint density at radius 2 is 2.29 bits per heavy atom. The number of benzene rings is 1. The molecule has 17 heavy (non-hydrogen) atoms. The molecule has 0 aliphatic carbocycles. The van der Waals surface area contributed by atoms with E-state index in [9.17, 15) is 14.5 Å². The van der Waals surface area contributed by atoms with Gasteiger partial charge in [0.1, 0.15) is 0 Å². The van der Waals surface area contributed by atoms with E-state index in [0.717, 1.165) is 12.5 Å². The van der Waals surface area contributed by atoms with Gasteiger partial charge in [-0.15, -0.1) is 23.4 Å². The van der Waals surface area contributed by atoms with E-state index in [4.69, 9.17) is 16.3 Å². The monoisotopic (exact) mass is 279 g/mol. The van der Waals surface area contributed by atoms with Crippen molar-refractivity contribution in [3.8, 4) is 5.75 Å². The highest BCUT2D eigenvalue weighted by Gasteiger charge is 2.19. The molecule has 0 amide bonds. The SMILES string of the molecule is COc1cc(SCCCCl)c([N+](=O)[O-])cc1F. The molecule has 0 atom stereocenters. The van der Waals surface area contributed by atoms with Crippen molar-refractivity contribution in [3.63, 3.8) is 0 Å². The molecule has 1 aromatic carbocycles. The van der Waals surface area contributed by atoms with Crippen molar-refractivity contribution < 1.29 is 14.1 Å². The van der Waals surface area contributed by atoms with Crippen molar-refractivity contribution in [1.82, 2.24) is 0 Å². The zero-order chi connectivity index (χ0) is 12.8. The van der Waals surface area contributed by atoms with Gasteiger partial charge in [0.15, 0.2) is 11.6 Å². The van der Waals surface area contributed by atoms with E-state index < -0.39 is 10.7 Å². The molecule has 1 rings (SSSR count). The second kappa shape index (κ2) is 6.66. The van der Waals surface area contributed by atoms with E-state index in [2.05, 4.69) is 0 Å². The number of hydrogen-bond donors (Lipinski definition) is 0. The quantitative estimate of drug-likeness (QED) is 0.263. The van der Waals surface area contributed by atoms with E-state index in [1.807, 2.05) is 0 Å². The Kier molecular flexibility index (Phi) is 5.50. The molecule has 1 aromatic rings. The van der Waals surface area contributed by atoms with Gasteiger partial charge in [-0.05, 0) is 12.2 Å². The maximum atomic E-state index is 13.3. The molecule has 0 saturated heterocycles. The minimum atomic E-state index is -0.735. The van der Waals surface area contributed by atoms with E-state index in [1.165, 1.54) is 24.9 Å². The number of halogens is 2. The molecule has 0 unspecified atom stereocenters. The predicted octanol–water partition coefficient (Wildman–Crippen LogP) is 3.46. The van der Waals surface area contributed by atoms with Gasteiger partial charge in [-0.3, -0.25) is 10.1 Å². The first kappa shape index (κ1) is 14.1. The summed E-state index contributed by atoms with van der Waals surface area (Å²) in [7, 11) is 1.32. The zero-order valence-corrected chi connectivity index (χ0v) is 10.7. The maximum absolute atomic E-state index is 13.3. The first-order valence-electron chi connectivity index (χ1n) is 4.80. The van der Waals surface area contributed by atoms with Crippen LogP contribution in [-0.4, -0.2) is 23.7 Å². The van der Waals surface area contributed by atoms with Gasteiger partial charge in [-0.25, -0.2) is 4.39 Å². The van der Waals surface area contributed by atoms with Gasteiger partial charge in [0.05, 0.1) is 23.0 Å². The summed E-state index contributed by atoms with van der Waals surface area (Å²) in [6.07, 6.45) is 0.725. The van der Waals surface area contributed by atoms with Gasteiger partial charge < -0.3 is 4.74 Å². The van der Waals surface area contributed by atoms with Crippen LogP contribution in [0.25, 0.3) is 0 Å². The van der Waals surface area contributed by atoms with Crippen LogP contribution >= 0.6 is 23.4 Å². The lowest BCUT2D eigenvalue weighted by atomic mass is 10.3. The van der Waals surface area contributed by atoms with E-state index in [-0.39, 0.29) is 11.4 Å². The minimum absolute atomic E-state index is 0.00368. The molecule has 0 aliphatic rings. The van der Waals surface area contributed by atoms with Crippen LogP contribution in [-0.2, 0) is 0 Å². The number of alkyl halides is 1. The topological polar surface area (TPSA) is 52.4 Å². The molecule has 94 valence electrons. The highest BCUT2D eigenvalue weighted by molar-refractivity contribution is 7.99. The van der Waals surface area contributed by atoms with Gasteiger partial charge in [0, 0.05) is 11.9 Å². The summed E-state index contributed by atoms with van der Waals surface area (Å²) < 4.78 is 18.1. The number of nitro groups is 1. The molecule has 0 spiro atoms. The predicted molar refractivity (Wildman–Crippen MR) is 65.7 cm³/mol. The lowest BCUT2D eigenvalue weighted by Crippen LogP contribution is -1.96. The summed E-state index contributed by atoms with van der Waals surface area (Å²) in [6, 6.07) is 2.22. The van der Waals surface area contributed by atoms with Crippen LogP contribution in [0, 0.1) is 15.9 Å². The highest BCUT2D eigenvalue weighted by atomic mass is 35.5. The number of hydrogen-bond acceptors (Lipinski definition) is 4.